The molecule has 0 saturated heterocycles. The highest BCUT2D eigenvalue weighted by molar-refractivity contribution is 7.71. The molecule has 2 heterocycles. The molecular weight excluding hydrogens is 218 g/mol. The lowest BCUT2D eigenvalue weighted by molar-refractivity contribution is 0.995. The largest absolute Gasteiger partial charge is 0.343 e. The predicted octanol–water partition coefficient (Wildman–Crippen LogP) is 3.07. The molecule has 4 heteroatoms. The number of pyridine rings is 1. The molecule has 2 aromatic heterocycles. The molecular formula is C12H13N3S. The SMILES string of the molecule is CCc1cc(=S)nc(-c2cnccc2C)[nH]1. The van der Waals surface area contributed by atoms with Gasteiger partial charge in [0, 0.05) is 23.7 Å². The van der Waals surface area contributed by atoms with Gasteiger partial charge < -0.3 is 4.98 Å². The summed E-state index contributed by atoms with van der Waals surface area (Å²) in [5.74, 6) is 0.801. The molecule has 0 spiro atoms. The van der Waals surface area contributed by atoms with Crippen molar-refractivity contribution in [3.63, 3.8) is 0 Å². The van der Waals surface area contributed by atoms with Gasteiger partial charge in [0.05, 0.1) is 0 Å². The highest BCUT2D eigenvalue weighted by Crippen LogP contribution is 2.18. The Morgan fingerprint density at radius 3 is 2.94 bits per heavy atom. The molecule has 0 atom stereocenters. The predicted molar refractivity (Wildman–Crippen MR) is 66.8 cm³/mol. The van der Waals surface area contributed by atoms with Crippen molar-refractivity contribution >= 4 is 12.2 Å². The summed E-state index contributed by atoms with van der Waals surface area (Å²) in [6.07, 6.45) is 4.50. The van der Waals surface area contributed by atoms with Gasteiger partial charge in [-0.2, -0.15) is 0 Å². The maximum Gasteiger partial charge on any atom is 0.140 e. The first kappa shape index (κ1) is 11.0. The fraction of sp³-hybridized carbons (Fsp3) is 0.250. The number of H-pyrrole nitrogens is 1. The van der Waals surface area contributed by atoms with Crippen LogP contribution in [0.4, 0.5) is 0 Å². The Hall–Kier alpha value is -1.55. The van der Waals surface area contributed by atoms with E-state index in [0.29, 0.717) is 4.64 Å². The normalized spacial score (nSPS) is 10.4. The van der Waals surface area contributed by atoms with E-state index in [9.17, 15) is 0 Å². The van der Waals surface area contributed by atoms with Crippen molar-refractivity contribution < 1.29 is 0 Å². The van der Waals surface area contributed by atoms with Crippen LogP contribution in [0.2, 0.25) is 0 Å². The topological polar surface area (TPSA) is 41.6 Å². The van der Waals surface area contributed by atoms with Gasteiger partial charge in [0.2, 0.25) is 0 Å². The molecule has 0 aliphatic rings. The Kier molecular flexibility index (Phi) is 3.10. The summed E-state index contributed by atoms with van der Waals surface area (Å²) in [5, 5.41) is 0. The zero-order valence-electron chi connectivity index (χ0n) is 9.32. The van der Waals surface area contributed by atoms with Crippen LogP contribution in [0.1, 0.15) is 18.2 Å². The van der Waals surface area contributed by atoms with E-state index in [2.05, 4.69) is 21.9 Å². The standard InChI is InChI=1S/C12H13N3S/c1-3-9-6-11(16)15-12(14-9)10-7-13-5-4-8(10)2/h4-7H,3H2,1-2H3,(H,14,15,16). The van der Waals surface area contributed by atoms with Gasteiger partial charge in [-0.3, -0.25) is 4.98 Å². The molecule has 1 N–H and O–H groups in total. The Morgan fingerprint density at radius 2 is 2.25 bits per heavy atom. The van der Waals surface area contributed by atoms with E-state index in [1.54, 1.807) is 6.20 Å². The number of rotatable bonds is 2. The fourth-order valence-electron chi connectivity index (χ4n) is 1.54. The monoisotopic (exact) mass is 231 g/mol. The minimum atomic E-state index is 0.619. The molecule has 3 nitrogen and oxygen atoms in total. The third-order valence-electron chi connectivity index (χ3n) is 2.47. The fourth-order valence-corrected chi connectivity index (χ4v) is 1.77. The van der Waals surface area contributed by atoms with E-state index in [4.69, 9.17) is 12.2 Å². The van der Waals surface area contributed by atoms with Crippen molar-refractivity contribution in [2.45, 2.75) is 20.3 Å². The molecule has 0 saturated carbocycles. The second-order valence-corrected chi connectivity index (χ2v) is 4.06. The zero-order chi connectivity index (χ0) is 11.5. The van der Waals surface area contributed by atoms with Crippen LogP contribution >= 0.6 is 12.2 Å². The average molecular weight is 231 g/mol. The lowest BCUT2D eigenvalue weighted by atomic mass is 10.1. The minimum Gasteiger partial charge on any atom is -0.343 e. The van der Waals surface area contributed by atoms with Gasteiger partial charge >= 0.3 is 0 Å². The van der Waals surface area contributed by atoms with Crippen LogP contribution < -0.4 is 0 Å². The van der Waals surface area contributed by atoms with Crippen LogP contribution in [0.25, 0.3) is 11.4 Å². The summed E-state index contributed by atoms with van der Waals surface area (Å²) in [5.41, 5.74) is 3.24. The van der Waals surface area contributed by atoms with E-state index in [1.807, 2.05) is 25.3 Å². The van der Waals surface area contributed by atoms with Crippen LogP contribution in [-0.2, 0) is 6.42 Å². The molecule has 0 unspecified atom stereocenters. The third kappa shape index (κ3) is 2.17. The molecule has 0 aliphatic carbocycles. The van der Waals surface area contributed by atoms with Crippen molar-refractivity contribution in [1.82, 2.24) is 15.0 Å². The highest BCUT2D eigenvalue weighted by Gasteiger charge is 2.04. The first-order valence-electron chi connectivity index (χ1n) is 5.22. The number of hydrogen-bond donors (Lipinski definition) is 1. The minimum absolute atomic E-state index is 0.619. The molecule has 0 fully saturated rings. The van der Waals surface area contributed by atoms with E-state index in [0.717, 1.165) is 29.1 Å². The van der Waals surface area contributed by atoms with E-state index in [1.165, 1.54) is 0 Å². The lowest BCUT2D eigenvalue weighted by Crippen LogP contribution is -1.96. The van der Waals surface area contributed by atoms with Crippen LogP contribution in [0.5, 0.6) is 0 Å². The van der Waals surface area contributed by atoms with Crippen LogP contribution in [0.15, 0.2) is 24.5 Å². The molecule has 82 valence electrons. The van der Waals surface area contributed by atoms with Crippen LogP contribution in [0.3, 0.4) is 0 Å². The number of nitrogens with zero attached hydrogens (tertiary/aromatic N) is 2. The summed E-state index contributed by atoms with van der Waals surface area (Å²) >= 11 is 5.15. The Labute approximate surface area is 99.6 Å². The smallest absolute Gasteiger partial charge is 0.140 e. The van der Waals surface area contributed by atoms with Gasteiger partial charge in [-0.1, -0.05) is 19.1 Å². The van der Waals surface area contributed by atoms with Gasteiger partial charge in [0.1, 0.15) is 10.5 Å². The Balaban J connectivity index is 2.60. The van der Waals surface area contributed by atoms with Crippen molar-refractivity contribution in [2.24, 2.45) is 0 Å². The van der Waals surface area contributed by atoms with Crippen LogP contribution in [0, 0.1) is 11.6 Å². The zero-order valence-corrected chi connectivity index (χ0v) is 10.1. The second-order valence-electron chi connectivity index (χ2n) is 3.64. The van der Waals surface area contributed by atoms with Gasteiger partial charge in [0.25, 0.3) is 0 Å². The first-order valence-corrected chi connectivity index (χ1v) is 5.62. The Bertz CT molecular complexity index is 560. The maximum absolute atomic E-state index is 5.15. The summed E-state index contributed by atoms with van der Waals surface area (Å²) in [4.78, 5) is 11.7. The van der Waals surface area contributed by atoms with Gasteiger partial charge in [-0.15, -0.1) is 0 Å². The average Bonchev–Trinajstić information content (AvgIpc) is 2.28. The van der Waals surface area contributed by atoms with Gasteiger partial charge in [-0.05, 0) is 31.0 Å². The van der Waals surface area contributed by atoms with Gasteiger partial charge in [-0.25, -0.2) is 4.98 Å². The number of aromatic amines is 1. The summed E-state index contributed by atoms with van der Waals surface area (Å²) in [6, 6.07) is 3.86. The summed E-state index contributed by atoms with van der Waals surface area (Å²) in [7, 11) is 0. The van der Waals surface area contributed by atoms with Gasteiger partial charge in [0.15, 0.2) is 0 Å². The summed E-state index contributed by atoms with van der Waals surface area (Å²) in [6.45, 7) is 4.12. The summed E-state index contributed by atoms with van der Waals surface area (Å²) < 4.78 is 0.619. The van der Waals surface area contributed by atoms with Crippen molar-refractivity contribution in [3.8, 4) is 11.4 Å². The number of aromatic nitrogens is 3. The molecule has 0 radical (unpaired) electrons. The molecule has 16 heavy (non-hydrogen) atoms. The van der Waals surface area contributed by atoms with E-state index < -0.39 is 0 Å². The number of aryl methyl sites for hydroxylation is 2. The second kappa shape index (κ2) is 4.53. The lowest BCUT2D eigenvalue weighted by Gasteiger charge is -2.06. The molecule has 0 aliphatic heterocycles. The Morgan fingerprint density at radius 1 is 1.44 bits per heavy atom. The van der Waals surface area contributed by atoms with Crippen LogP contribution in [-0.4, -0.2) is 15.0 Å². The third-order valence-corrected chi connectivity index (χ3v) is 2.68. The quantitative estimate of drug-likeness (QED) is 0.808. The van der Waals surface area contributed by atoms with E-state index in [-0.39, 0.29) is 0 Å². The number of nitrogens with one attached hydrogen (secondary N) is 1. The highest BCUT2D eigenvalue weighted by atomic mass is 32.1. The van der Waals surface area contributed by atoms with Crippen molar-refractivity contribution in [3.05, 3.63) is 40.4 Å². The maximum atomic E-state index is 5.15. The molecule has 0 amide bonds. The molecule has 2 rings (SSSR count). The molecule has 2 aromatic rings. The first-order chi connectivity index (χ1) is 7.70. The van der Waals surface area contributed by atoms with Crippen molar-refractivity contribution in [1.29, 1.82) is 0 Å². The van der Waals surface area contributed by atoms with E-state index >= 15 is 0 Å². The van der Waals surface area contributed by atoms with Crippen molar-refractivity contribution in [2.75, 3.05) is 0 Å². The molecule has 0 aromatic carbocycles. The number of hydrogen-bond acceptors (Lipinski definition) is 3. The molecule has 0 bridgehead atoms.